The number of para-hydroxylation sites is 1. The van der Waals surface area contributed by atoms with Gasteiger partial charge in [-0.1, -0.05) is 18.2 Å². The predicted octanol–water partition coefficient (Wildman–Crippen LogP) is 2.42. The van der Waals surface area contributed by atoms with Crippen LogP contribution in [0.2, 0.25) is 0 Å². The third-order valence-electron chi connectivity index (χ3n) is 2.68. The van der Waals surface area contributed by atoms with Crippen LogP contribution in [-0.4, -0.2) is 29.6 Å². The van der Waals surface area contributed by atoms with Crippen molar-refractivity contribution in [3.8, 4) is 0 Å². The summed E-state index contributed by atoms with van der Waals surface area (Å²) in [5, 5.41) is 0. The van der Waals surface area contributed by atoms with E-state index in [0.717, 1.165) is 12.2 Å². The maximum absolute atomic E-state index is 11.5. The Labute approximate surface area is 111 Å². The fourth-order valence-electron chi connectivity index (χ4n) is 1.77. The highest BCUT2D eigenvalue weighted by atomic mass is 16.5. The second kappa shape index (κ2) is 5.95. The predicted molar refractivity (Wildman–Crippen MR) is 72.5 cm³/mol. The second-order valence-electron chi connectivity index (χ2n) is 3.83. The minimum absolute atomic E-state index is 0.203. The van der Waals surface area contributed by atoms with E-state index in [9.17, 15) is 4.79 Å². The van der Waals surface area contributed by atoms with E-state index in [-0.39, 0.29) is 5.69 Å². The van der Waals surface area contributed by atoms with Gasteiger partial charge in [-0.05, 0) is 19.1 Å². The molecule has 1 heterocycles. The molecule has 0 amide bonds. The Morgan fingerprint density at radius 2 is 2.00 bits per heavy atom. The molecule has 5 nitrogen and oxygen atoms in total. The Balaban J connectivity index is 2.36. The Morgan fingerprint density at radius 3 is 2.63 bits per heavy atom. The average molecular weight is 257 g/mol. The van der Waals surface area contributed by atoms with Crippen LogP contribution in [0.4, 0.5) is 11.5 Å². The molecule has 0 N–H and O–H groups in total. The number of anilines is 2. The van der Waals surface area contributed by atoms with Crippen LogP contribution in [0.5, 0.6) is 0 Å². The van der Waals surface area contributed by atoms with Gasteiger partial charge in [-0.15, -0.1) is 0 Å². The van der Waals surface area contributed by atoms with E-state index in [1.807, 2.05) is 42.2 Å². The molecule has 0 saturated carbocycles. The van der Waals surface area contributed by atoms with Crippen LogP contribution in [0.3, 0.4) is 0 Å². The summed E-state index contributed by atoms with van der Waals surface area (Å²) in [6, 6.07) is 9.82. The van der Waals surface area contributed by atoms with Crippen LogP contribution in [0, 0.1) is 0 Å². The second-order valence-corrected chi connectivity index (χ2v) is 3.83. The summed E-state index contributed by atoms with van der Waals surface area (Å²) < 4.78 is 4.65. The first kappa shape index (κ1) is 13.0. The van der Waals surface area contributed by atoms with Gasteiger partial charge in [0.2, 0.25) is 0 Å². The zero-order valence-electron chi connectivity index (χ0n) is 10.9. The van der Waals surface area contributed by atoms with Crippen molar-refractivity contribution in [1.29, 1.82) is 0 Å². The number of benzene rings is 1. The molecule has 0 aliphatic rings. The Morgan fingerprint density at radius 1 is 1.26 bits per heavy atom. The maximum atomic E-state index is 11.5. The highest BCUT2D eigenvalue weighted by Crippen LogP contribution is 2.22. The molecular weight excluding hydrogens is 242 g/mol. The number of hydrogen-bond donors (Lipinski definition) is 0. The standard InChI is InChI=1S/C14H15N3O2/c1-3-17(11-7-5-4-6-8-11)13-10-15-9-12(16-13)14(18)19-2/h4-10H,3H2,1-2H3. The molecule has 1 aromatic heterocycles. The molecule has 0 spiro atoms. The first-order valence-corrected chi connectivity index (χ1v) is 5.99. The topological polar surface area (TPSA) is 55.3 Å². The van der Waals surface area contributed by atoms with Crippen LogP contribution >= 0.6 is 0 Å². The number of carbonyl (C=O) groups excluding carboxylic acids is 1. The summed E-state index contributed by atoms with van der Waals surface area (Å²) in [6.45, 7) is 2.74. The number of aromatic nitrogens is 2. The molecule has 0 radical (unpaired) electrons. The molecule has 0 aliphatic carbocycles. The number of rotatable bonds is 4. The van der Waals surface area contributed by atoms with Crippen molar-refractivity contribution in [2.75, 3.05) is 18.6 Å². The molecule has 1 aromatic carbocycles. The first-order valence-electron chi connectivity index (χ1n) is 5.99. The van der Waals surface area contributed by atoms with Crippen LogP contribution < -0.4 is 4.90 Å². The van der Waals surface area contributed by atoms with Crippen molar-refractivity contribution in [3.05, 3.63) is 48.4 Å². The number of nitrogens with zero attached hydrogens (tertiary/aromatic N) is 3. The number of esters is 1. The maximum Gasteiger partial charge on any atom is 0.358 e. The molecule has 2 aromatic rings. The highest BCUT2D eigenvalue weighted by Gasteiger charge is 2.13. The number of hydrogen-bond acceptors (Lipinski definition) is 5. The third kappa shape index (κ3) is 2.88. The van der Waals surface area contributed by atoms with E-state index in [0.29, 0.717) is 5.82 Å². The molecule has 0 unspecified atom stereocenters. The van der Waals surface area contributed by atoms with E-state index in [2.05, 4.69) is 14.7 Å². The molecular formula is C14H15N3O2. The largest absolute Gasteiger partial charge is 0.464 e. The Kier molecular flexibility index (Phi) is 4.07. The molecule has 5 heteroatoms. The molecule has 0 aliphatic heterocycles. The van der Waals surface area contributed by atoms with Gasteiger partial charge in [-0.25, -0.2) is 9.78 Å². The van der Waals surface area contributed by atoms with Gasteiger partial charge in [0, 0.05) is 12.2 Å². The third-order valence-corrected chi connectivity index (χ3v) is 2.68. The Bertz CT molecular complexity index is 558. The van der Waals surface area contributed by atoms with Crippen molar-refractivity contribution >= 4 is 17.5 Å². The van der Waals surface area contributed by atoms with E-state index in [4.69, 9.17) is 0 Å². The molecule has 0 saturated heterocycles. The summed E-state index contributed by atoms with van der Waals surface area (Å²) in [6.07, 6.45) is 3.02. The molecule has 0 atom stereocenters. The zero-order valence-corrected chi connectivity index (χ0v) is 10.9. The first-order chi connectivity index (χ1) is 9.26. The fraction of sp³-hybridized carbons (Fsp3) is 0.214. The lowest BCUT2D eigenvalue weighted by Gasteiger charge is -2.21. The highest BCUT2D eigenvalue weighted by molar-refractivity contribution is 5.87. The summed E-state index contributed by atoms with van der Waals surface area (Å²) in [5.41, 5.74) is 1.20. The zero-order chi connectivity index (χ0) is 13.7. The normalized spacial score (nSPS) is 10.0. The summed E-state index contributed by atoms with van der Waals surface area (Å²) in [5.74, 6) is 0.134. The number of ether oxygens (including phenoxy) is 1. The van der Waals surface area contributed by atoms with Crippen LogP contribution in [0.25, 0.3) is 0 Å². The smallest absolute Gasteiger partial charge is 0.358 e. The monoisotopic (exact) mass is 257 g/mol. The lowest BCUT2D eigenvalue weighted by Crippen LogP contribution is -2.19. The van der Waals surface area contributed by atoms with Gasteiger partial charge in [0.15, 0.2) is 11.5 Å². The quantitative estimate of drug-likeness (QED) is 0.787. The van der Waals surface area contributed by atoms with E-state index in [1.54, 1.807) is 6.20 Å². The van der Waals surface area contributed by atoms with Gasteiger partial charge in [0.25, 0.3) is 0 Å². The summed E-state index contributed by atoms with van der Waals surface area (Å²) in [7, 11) is 1.32. The molecule has 98 valence electrons. The van der Waals surface area contributed by atoms with Crippen molar-refractivity contribution in [2.24, 2.45) is 0 Å². The van der Waals surface area contributed by atoms with Gasteiger partial charge >= 0.3 is 5.97 Å². The van der Waals surface area contributed by atoms with Crippen LogP contribution in [0.1, 0.15) is 17.4 Å². The van der Waals surface area contributed by atoms with Crippen molar-refractivity contribution < 1.29 is 9.53 Å². The average Bonchev–Trinajstić information content (AvgIpc) is 2.48. The van der Waals surface area contributed by atoms with Crippen molar-refractivity contribution in [2.45, 2.75) is 6.92 Å². The van der Waals surface area contributed by atoms with Gasteiger partial charge in [-0.3, -0.25) is 4.98 Å². The molecule has 0 fully saturated rings. The summed E-state index contributed by atoms with van der Waals surface area (Å²) in [4.78, 5) is 21.8. The van der Waals surface area contributed by atoms with Gasteiger partial charge in [0.05, 0.1) is 19.5 Å². The molecule has 2 rings (SSSR count). The van der Waals surface area contributed by atoms with Crippen molar-refractivity contribution in [1.82, 2.24) is 9.97 Å². The van der Waals surface area contributed by atoms with E-state index in [1.165, 1.54) is 13.3 Å². The Hall–Kier alpha value is -2.43. The van der Waals surface area contributed by atoms with Gasteiger partial charge in [-0.2, -0.15) is 0 Å². The van der Waals surface area contributed by atoms with Crippen LogP contribution in [-0.2, 0) is 4.74 Å². The van der Waals surface area contributed by atoms with Gasteiger partial charge in [0.1, 0.15) is 0 Å². The van der Waals surface area contributed by atoms with Crippen molar-refractivity contribution in [3.63, 3.8) is 0 Å². The SMILES string of the molecule is CCN(c1ccccc1)c1cncc(C(=O)OC)n1. The van der Waals surface area contributed by atoms with E-state index < -0.39 is 5.97 Å². The minimum Gasteiger partial charge on any atom is -0.464 e. The van der Waals surface area contributed by atoms with E-state index >= 15 is 0 Å². The lowest BCUT2D eigenvalue weighted by molar-refractivity contribution is 0.0593. The van der Waals surface area contributed by atoms with Gasteiger partial charge < -0.3 is 9.64 Å². The number of carbonyl (C=O) groups is 1. The van der Waals surface area contributed by atoms with Crippen LogP contribution in [0.15, 0.2) is 42.7 Å². The molecule has 19 heavy (non-hydrogen) atoms. The summed E-state index contributed by atoms with van der Waals surface area (Å²) >= 11 is 0. The molecule has 0 bridgehead atoms. The fourth-order valence-corrected chi connectivity index (χ4v) is 1.77. The lowest BCUT2D eigenvalue weighted by atomic mass is 10.3. The number of methoxy groups -OCH3 is 1. The minimum atomic E-state index is -0.488.